The average Bonchev–Trinajstić information content (AvgIpc) is 3.99. The number of carbonyl (C=O) groups is 2. The van der Waals surface area contributed by atoms with Crippen molar-refractivity contribution in [2.24, 2.45) is 0 Å². The molecule has 0 saturated heterocycles. The van der Waals surface area contributed by atoms with Crippen LogP contribution >= 0.6 is 0 Å². The van der Waals surface area contributed by atoms with Gasteiger partial charge in [0.2, 0.25) is 0 Å². The standard InChI is InChI=1S/2C21H18F2N4O/c22-15-2-1-3-16(23)20(15)21(28)25-14-8-9-19(24-11-14)27-18(13-6-7-13)10-17(26-27)12-4-5-12;22-16-3-1-2-15(20(16)23)21(28)25-14-8-9-19(24-11-14)27-18(13-6-7-13)10-17(26-27)12-4-5-12/h2*1-3,8-13H,4-7H2,(H,25,28). The summed E-state index contributed by atoms with van der Waals surface area (Å²) in [7, 11) is 0. The number of nitrogens with zero attached hydrogens (tertiary/aromatic N) is 6. The maximum atomic E-state index is 13.8. The van der Waals surface area contributed by atoms with Crippen LogP contribution < -0.4 is 10.6 Å². The number of halogens is 4. The van der Waals surface area contributed by atoms with Crippen LogP contribution in [0.4, 0.5) is 28.9 Å². The number of pyridine rings is 2. The van der Waals surface area contributed by atoms with Crippen LogP contribution in [-0.4, -0.2) is 41.3 Å². The van der Waals surface area contributed by atoms with E-state index in [4.69, 9.17) is 10.2 Å². The fourth-order valence-electron chi connectivity index (χ4n) is 6.65. The first-order valence-corrected chi connectivity index (χ1v) is 18.8. The number of benzene rings is 2. The van der Waals surface area contributed by atoms with Crippen LogP contribution in [0.25, 0.3) is 11.6 Å². The predicted molar refractivity (Wildman–Crippen MR) is 199 cm³/mol. The first-order valence-electron chi connectivity index (χ1n) is 18.8. The highest BCUT2D eigenvalue weighted by Crippen LogP contribution is 2.46. The Morgan fingerprint density at radius 1 is 0.554 bits per heavy atom. The van der Waals surface area contributed by atoms with E-state index < -0.39 is 40.6 Å². The molecule has 10 nitrogen and oxygen atoms in total. The number of anilines is 2. The minimum atomic E-state index is -1.16. The number of carbonyl (C=O) groups excluding carboxylic acids is 2. The lowest BCUT2D eigenvalue weighted by Crippen LogP contribution is -2.16. The van der Waals surface area contributed by atoms with Crippen molar-refractivity contribution < 1.29 is 27.2 Å². The summed E-state index contributed by atoms with van der Waals surface area (Å²) in [6.07, 6.45) is 12.4. The number of hydrogen-bond acceptors (Lipinski definition) is 6. The highest BCUT2D eigenvalue weighted by atomic mass is 19.2. The Morgan fingerprint density at radius 3 is 1.45 bits per heavy atom. The van der Waals surface area contributed by atoms with Crippen molar-refractivity contribution in [3.63, 3.8) is 0 Å². The van der Waals surface area contributed by atoms with E-state index in [1.807, 2.05) is 9.36 Å². The topological polar surface area (TPSA) is 120 Å². The van der Waals surface area contributed by atoms with Crippen molar-refractivity contribution in [2.45, 2.75) is 75.0 Å². The van der Waals surface area contributed by atoms with Crippen LogP contribution in [0, 0.1) is 23.3 Å². The molecule has 0 aliphatic heterocycles. The lowest BCUT2D eigenvalue weighted by atomic mass is 10.2. The van der Waals surface area contributed by atoms with Crippen molar-refractivity contribution >= 4 is 23.2 Å². The van der Waals surface area contributed by atoms with Crippen LogP contribution in [0.3, 0.4) is 0 Å². The molecule has 0 radical (unpaired) electrons. The second kappa shape index (κ2) is 14.5. The quantitative estimate of drug-likeness (QED) is 0.135. The molecule has 0 atom stereocenters. The smallest absolute Gasteiger partial charge is 0.261 e. The van der Waals surface area contributed by atoms with E-state index in [1.165, 1.54) is 80.5 Å². The Labute approximate surface area is 319 Å². The minimum absolute atomic E-state index is 0.346. The van der Waals surface area contributed by atoms with Crippen molar-refractivity contribution in [1.29, 1.82) is 0 Å². The molecular weight excluding hydrogens is 725 g/mol. The number of nitrogens with one attached hydrogen (secondary N) is 2. The molecule has 0 unspecified atom stereocenters. The Morgan fingerprint density at radius 2 is 1.00 bits per heavy atom. The first kappa shape index (κ1) is 35.5. The van der Waals surface area contributed by atoms with Gasteiger partial charge < -0.3 is 10.6 Å². The molecule has 4 saturated carbocycles. The fraction of sp³-hybridized carbons (Fsp3) is 0.286. The molecule has 56 heavy (non-hydrogen) atoms. The van der Waals surface area contributed by atoms with Crippen LogP contribution in [0.15, 0.2) is 85.2 Å². The zero-order chi connectivity index (χ0) is 38.5. The van der Waals surface area contributed by atoms with Gasteiger partial charge in [-0.15, -0.1) is 0 Å². The van der Waals surface area contributed by atoms with Gasteiger partial charge in [0.1, 0.15) is 17.2 Å². The molecule has 0 spiro atoms. The maximum Gasteiger partial charge on any atom is 0.261 e. The van der Waals surface area contributed by atoms with Gasteiger partial charge in [0.25, 0.3) is 11.8 Å². The number of aromatic nitrogens is 6. The zero-order valence-electron chi connectivity index (χ0n) is 30.1. The van der Waals surface area contributed by atoms with Gasteiger partial charge in [-0.05, 0) is 112 Å². The van der Waals surface area contributed by atoms with Crippen LogP contribution in [0.1, 0.15) is 119 Å². The largest absolute Gasteiger partial charge is 0.320 e. The minimum Gasteiger partial charge on any atom is -0.320 e. The van der Waals surface area contributed by atoms with Crippen molar-refractivity contribution in [3.8, 4) is 11.6 Å². The highest BCUT2D eigenvalue weighted by molar-refractivity contribution is 6.05. The molecule has 14 heteroatoms. The van der Waals surface area contributed by atoms with Gasteiger partial charge in [-0.2, -0.15) is 10.2 Å². The summed E-state index contributed by atoms with van der Waals surface area (Å²) in [6, 6.07) is 18.1. The third-order valence-electron chi connectivity index (χ3n) is 10.3. The summed E-state index contributed by atoms with van der Waals surface area (Å²) < 4.78 is 58.4. The van der Waals surface area contributed by atoms with Crippen molar-refractivity contribution in [2.75, 3.05) is 10.6 Å². The molecular formula is C42H36F4N8O2. The molecule has 4 aromatic heterocycles. The summed E-state index contributed by atoms with van der Waals surface area (Å²) in [5, 5.41) is 14.5. The second-order valence-corrected chi connectivity index (χ2v) is 14.8. The summed E-state index contributed by atoms with van der Waals surface area (Å²) in [4.78, 5) is 33.2. The third kappa shape index (κ3) is 7.55. The van der Waals surface area contributed by atoms with Gasteiger partial charge in [-0.25, -0.2) is 36.9 Å². The second-order valence-electron chi connectivity index (χ2n) is 14.8. The van der Waals surface area contributed by atoms with Crippen molar-refractivity contribution in [3.05, 3.63) is 142 Å². The predicted octanol–water partition coefficient (Wildman–Crippen LogP) is 9.11. The molecule has 4 fully saturated rings. The van der Waals surface area contributed by atoms with E-state index >= 15 is 0 Å². The molecule has 4 aliphatic rings. The molecule has 10 rings (SSSR count). The molecule has 284 valence electrons. The normalized spacial score (nSPS) is 16.2. The van der Waals surface area contributed by atoms with E-state index in [0.29, 0.717) is 46.7 Å². The molecule has 6 aromatic rings. The van der Waals surface area contributed by atoms with E-state index in [9.17, 15) is 27.2 Å². The first-order chi connectivity index (χ1) is 27.2. The van der Waals surface area contributed by atoms with E-state index in [-0.39, 0.29) is 5.56 Å². The molecule has 0 bridgehead atoms. The third-order valence-corrected chi connectivity index (χ3v) is 10.3. The lowest BCUT2D eigenvalue weighted by Gasteiger charge is -2.09. The molecule has 2 amide bonds. The van der Waals surface area contributed by atoms with Crippen molar-refractivity contribution in [1.82, 2.24) is 29.5 Å². The van der Waals surface area contributed by atoms with Crippen LogP contribution in [-0.2, 0) is 0 Å². The summed E-state index contributed by atoms with van der Waals surface area (Å²) in [5.41, 5.74) is 4.43. The Balaban J connectivity index is 0.000000146. The zero-order valence-corrected chi connectivity index (χ0v) is 30.1. The average molecular weight is 761 g/mol. The molecule has 4 heterocycles. The maximum absolute atomic E-state index is 13.8. The lowest BCUT2D eigenvalue weighted by molar-refractivity contribution is 0.101. The van der Waals surface area contributed by atoms with Gasteiger partial charge in [0.05, 0.1) is 40.7 Å². The number of amides is 2. The van der Waals surface area contributed by atoms with Crippen LogP contribution in [0.5, 0.6) is 0 Å². The Hall–Kier alpha value is -6.18. The van der Waals surface area contributed by atoms with Gasteiger partial charge in [-0.3, -0.25) is 9.59 Å². The highest BCUT2D eigenvalue weighted by Gasteiger charge is 2.34. The molecule has 2 aromatic carbocycles. The van der Waals surface area contributed by atoms with E-state index in [0.717, 1.165) is 42.4 Å². The van der Waals surface area contributed by atoms with E-state index in [2.05, 4.69) is 32.7 Å². The SMILES string of the molecule is O=C(Nc1ccc(-n2nc(C3CC3)cc2C2CC2)nc1)c1c(F)cccc1F.O=C(Nc1ccc(-n2nc(C3CC3)cc2C2CC2)nc1)c1cccc(F)c1F. The van der Waals surface area contributed by atoms with E-state index in [1.54, 1.807) is 24.3 Å². The van der Waals surface area contributed by atoms with Gasteiger partial charge in [0.15, 0.2) is 23.3 Å². The summed E-state index contributed by atoms with van der Waals surface area (Å²) in [5.74, 6) is -2.04. The number of rotatable bonds is 10. The summed E-state index contributed by atoms with van der Waals surface area (Å²) >= 11 is 0. The Bertz CT molecular complexity index is 2430. The van der Waals surface area contributed by atoms with Gasteiger partial charge in [-0.1, -0.05) is 12.1 Å². The molecule has 4 aliphatic carbocycles. The fourth-order valence-corrected chi connectivity index (χ4v) is 6.65. The van der Waals surface area contributed by atoms with Gasteiger partial charge in [0, 0.05) is 35.1 Å². The Kier molecular flexibility index (Phi) is 9.18. The summed E-state index contributed by atoms with van der Waals surface area (Å²) in [6.45, 7) is 0. The number of hydrogen-bond donors (Lipinski definition) is 2. The van der Waals surface area contributed by atoms with Crippen LogP contribution in [0.2, 0.25) is 0 Å². The van der Waals surface area contributed by atoms with Gasteiger partial charge >= 0.3 is 0 Å². The molecule has 2 N–H and O–H groups in total. The monoisotopic (exact) mass is 760 g/mol.